The minimum Gasteiger partial charge on any atom is -0.334 e. The van der Waals surface area contributed by atoms with Crippen LogP contribution in [0.5, 0.6) is 0 Å². The van der Waals surface area contributed by atoms with Crippen LogP contribution < -0.4 is 5.32 Å². The van der Waals surface area contributed by atoms with Gasteiger partial charge in [0.25, 0.3) is 0 Å². The van der Waals surface area contributed by atoms with E-state index >= 15 is 0 Å². The standard InChI is InChI=1S/C16H30N4/c1-5-16(6-2,20-11-8-9-12-20)14(17-4)15-18-10-13-19(15)7-3/h10,13-14,17H,5-9,11-12H2,1-4H3. The zero-order chi connectivity index (χ0) is 14.6. The highest BCUT2D eigenvalue weighted by Crippen LogP contribution is 2.38. The van der Waals surface area contributed by atoms with Gasteiger partial charge < -0.3 is 9.88 Å². The van der Waals surface area contributed by atoms with Crippen LogP contribution in [0, 0.1) is 0 Å². The van der Waals surface area contributed by atoms with Gasteiger partial charge in [-0.2, -0.15) is 0 Å². The predicted octanol–water partition coefficient (Wildman–Crippen LogP) is 2.82. The molecule has 2 heterocycles. The quantitative estimate of drug-likeness (QED) is 0.832. The van der Waals surface area contributed by atoms with E-state index in [0.717, 1.165) is 19.4 Å². The second-order valence-electron chi connectivity index (χ2n) is 5.80. The molecule has 0 aromatic carbocycles. The average molecular weight is 278 g/mol. The van der Waals surface area contributed by atoms with E-state index in [2.05, 4.69) is 53.8 Å². The van der Waals surface area contributed by atoms with E-state index in [1.54, 1.807) is 0 Å². The van der Waals surface area contributed by atoms with Gasteiger partial charge in [0.2, 0.25) is 0 Å². The summed E-state index contributed by atoms with van der Waals surface area (Å²) in [6.45, 7) is 10.3. The van der Waals surface area contributed by atoms with Gasteiger partial charge in [-0.1, -0.05) is 13.8 Å². The molecule has 1 aromatic heterocycles. The van der Waals surface area contributed by atoms with Gasteiger partial charge in [0.05, 0.1) is 6.04 Å². The van der Waals surface area contributed by atoms with Gasteiger partial charge in [0.15, 0.2) is 0 Å². The Morgan fingerprint density at radius 3 is 2.40 bits per heavy atom. The normalized spacial score (nSPS) is 18.6. The predicted molar refractivity (Wildman–Crippen MR) is 83.8 cm³/mol. The molecule has 1 atom stereocenters. The summed E-state index contributed by atoms with van der Waals surface area (Å²) in [5.41, 5.74) is 0.184. The van der Waals surface area contributed by atoms with E-state index in [-0.39, 0.29) is 5.54 Å². The third-order valence-electron chi connectivity index (χ3n) is 5.13. The van der Waals surface area contributed by atoms with Crippen molar-refractivity contribution in [3.8, 4) is 0 Å². The number of likely N-dealkylation sites (N-methyl/N-ethyl adjacent to an activating group) is 1. The van der Waals surface area contributed by atoms with Crippen molar-refractivity contribution >= 4 is 0 Å². The molecule has 1 fully saturated rings. The number of hydrogen-bond donors (Lipinski definition) is 1. The first-order valence-corrected chi connectivity index (χ1v) is 8.16. The second-order valence-corrected chi connectivity index (χ2v) is 5.80. The monoisotopic (exact) mass is 278 g/mol. The summed E-state index contributed by atoms with van der Waals surface area (Å²) < 4.78 is 2.28. The van der Waals surface area contributed by atoms with Crippen molar-refractivity contribution in [3.05, 3.63) is 18.2 Å². The molecule has 1 aliphatic rings. The van der Waals surface area contributed by atoms with Crippen LogP contribution in [0.3, 0.4) is 0 Å². The zero-order valence-electron chi connectivity index (χ0n) is 13.5. The molecule has 0 bridgehead atoms. The summed E-state index contributed by atoms with van der Waals surface area (Å²) in [4.78, 5) is 7.36. The molecule has 20 heavy (non-hydrogen) atoms. The number of aryl methyl sites for hydroxylation is 1. The Morgan fingerprint density at radius 2 is 1.90 bits per heavy atom. The zero-order valence-corrected chi connectivity index (χ0v) is 13.5. The van der Waals surface area contributed by atoms with Gasteiger partial charge in [-0.25, -0.2) is 4.98 Å². The Bertz CT molecular complexity index is 402. The molecular formula is C16H30N4. The highest BCUT2D eigenvalue weighted by molar-refractivity contribution is 5.11. The Kier molecular flexibility index (Phi) is 5.22. The number of nitrogens with one attached hydrogen (secondary N) is 1. The van der Waals surface area contributed by atoms with Gasteiger partial charge in [-0.3, -0.25) is 4.90 Å². The Morgan fingerprint density at radius 1 is 1.25 bits per heavy atom. The lowest BCUT2D eigenvalue weighted by Crippen LogP contribution is -2.55. The maximum atomic E-state index is 4.67. The molecule has 0 radical (unpaired) electrons. The first-order chi connectivity index (χ1) is 9.73. The minimum absolute atomic E-state index is 0.184. The first-order valence-electron chi connectivity index (χ1n) is 8.16. The Labute approximate surface area is 123 Å². The average Bonchev–Trinajstić information content (AvgIpc) is 3.15. The molecule has 1 aliphatic heterocycles. The molecule has 2 rings (SSSR count). The lowest BCUT2D eigenvalue weighted by molar-refractivity contribution is 0.0601. The van der Waals surface area contributed by atoms with E-state index in [0.29, 0.717) is 6.04 Å². The molecule has 0 amide bonds. The number of likely N-dealkylation sites (tertiary alicyclic amines) is 1. The van der Waals surface area contributed by atoms with Crippen LogP contribution in [0.1, 0.15) is 58.3 Å². The van der Waals surface area contributed by atoms with Crippen molar-refractivity contribution in [3.63, 3.8) is 0 Å². The maximum absolute atomic E-state index is 4.67. The van der Waals surface area contributed by atoms with Crippen molar-refractivity contribution in [1.29, 1.82) is 0 Å². The van der Waals surface area contributed by atoms with Crippen molar-refractivity contribution in [1.82, 2.24) is 19.8 Å². The van der Waals surface area contributed by atoms with Crippen LogP contribution in [0.2, 0.25) is 0 Å². The fourth-order valence-corrected chi connectivity index (χ4v) is 3.94. The summed E-state index contributed by atoms with van der Waals surface area (Å²) in [7, 11) is 2.08. The van der Waals surface area contributed by atoms with E-state index in [1.807, 2.05) is 6.20 Å². The van der Waals surface area contributed by atoms with Gasteiger partial charge in [-0.05, 0) is 52.7 Å². The summed E-state index contributed by atoms with van der Waals surface area (Å²) in [6, 6.07) is 0.297. The smallest absolute Gasteiger partial charge is 0.127 e. The summed E-state index contributed by atoms with van der Waals surface area (Å²) in [5, 5.41) is 3.57. The van der Waals surface area contributed by atoms with Crippen LogP contribution in [0.25, 0.3) is 0 Å². The van der Waals surface area contributed by atoms with Crippen molar-refractivity contribution in [2.24, 2.45) is 0 Å². The number of aromatic nitrogens is 2. The largest absolute Gasteiger partial charge is 0.334 e. The molecule has 114 valence electrons. The number of imidazole rings is 1. The number of rotatable bonds is 7. The fraction of sp³-hybridized carbons (Fsp3) is 0.812. The topological polar surface area (TPSA) is 33.1 Å². The molecule has 0 saturated carbocycles. The van der Waals surface area contributed by atoms with E-state index < -0.39 is 0 Å². The van der Waals surface area contributed by atoms with E-state index in [4.69, 9.17) is 0 Å². The van der Waals surface area contributed by atoms with E-state index in [1.165, 1.54) is 31.8 Å². The van der Waals surface area contributed by atoms with Gasteiger partial charge >= 0.3 is 0 Å². The molecule has 1 aromatic rings. The van der Waals surface area contributed by atoms with E-state index in [9.17, 15) is 0 Å². The molecule has 1 N–H and O–H groups in total. The molecule has 1 saturated heterocycles. The van der Waals surface area contributed by atoms with Gasteiger partial charge in [-0.15, -0.1) is 0 Å². The van der Waals surface area contributed by atoms with Crippen LogP contribution >= 0.6 is 0 Å². The lowest BCUT2D eigenvalue weighted by Gasteiger charge is -2.46. The maximum Gasteiger partial charge on any atom is 0.127 e. The molecule has 0 spiro atoms. The van der Waals surface area contributed by atoms with Crippen molar-refractivity contribution < 1.29 is 0 Å². The molecule has 4 nitrogen and oxygen atoms in total. The first kappa shape index (κ1) is 15.5. The van der Waals surface area contributed by atoms with Gasteiger partial charge in [0, 0.05) is 24.5 Å². The lowest BCUT2D eigenvalue weighted by atomic mass is 9.82. The third-order valence-corrected chi connectivity index (χ3v) is 5.13. The fourth-order valence-electron chi connectivity index (χ4n) is 3.94. The molecule has 4 heteroatoms. The van der Waals surface area contributed by atoms with Gasteiger partial charge in [0.1, 0.15) is 5.82 Å². The summed E-state index contributed by atoms with van der Waals surface area (Å²) >= 11 is 0. The molecular weight excluding hydrogens is 248 g/mol. The van der Waals surface area contributed by atoms with Crippen LogP contribution in [-0.2, 0) is 6.54 Å². The highest BCUT2D eigenvalue weighted by atomic mass is 15.3. The molecule has 0 aliphatic carbocycles. The van der Waals surface area contributed by atoms with Crippen LogP contribution in [-0.4, -0.2) is 40.1 Å². The van der Waals surface area contributed by atoms with Crippen molar-refractivity contribution in [2.45, 2.75) is 64.6 Å². The van der Waals surface area contributed by atoms with Crippen LogP contribution in [0.4, 0.5) is 0 Å². The number of nitrogens with zero attached hydrogens (tertiary/aromatic N) is 3. The third kappa shape index (κ3) is 2.51. The highest BCUT2D eigenvalue weighted by Gasteiger charge is 2.43. The Hall–Kier alpha value is -0.870. The summed E-state index contributed by atoms with van der Waals surface area (Å²) in [5.74, 6) is 1.19. The minimum atomic E-state index is 0.184. The second kappa shape index (κ2) is 6.72. The van der Waals surface area contributed by atoms with Crippen molar-refractivity contribution in [2.75, 3.05) is 20.1 Å². The molecule has 1 unspecified atom stereocenters. The Balaban J connectivity index is 2.39. The SMILES string of the molecule is CCn1ccnc1C(NC)C(CC)(CC)N1CCCC1. The van der Waals surface area contributed by atoms with Crippen LogP contribution in [0.15, 0.2) is 12.4 Å². The summed E-state index contributed by atoms with van der Waals surface area (Å²) in [6.07, 6.45) is 9.01. The number of hydrogen-bond acceptors (Lipinski definition) is 3.